The van der Waals surface area contributed by atoms with E-state index in [0.29, 0.717) is 43.6 Å². The molecule has 2 aliphatic heterocycles. The molecule has 0 bridgehead atoms. The number of carbonyl (C=O) groups excluding carboxylic acids is 2. The van der Waals surface area contributed by atoms with Gasteiger partial charge in [0.1, 0.15) is 11.6 Å². The Bertz CT molecular complexity index is 1600. The molecule has 5 rings (SSSR count). The molecule has 1 saturated heterocycles. The summed E-state index contributed by atoms with van der Waals surface area (Å²) in [5.74, 6) is -3.06. The third-order valence-electron chi connectivity index (χ3n) is 7.14. The first-order valence-corrected chi connectivity index (χ1v) is 14.2. The van der Waals surface area contributed by atoms with E-state index in [1.165, 1.54) is 0 Å². The van der Waals surface area contributed by atoms with Crippen LogP contribution in [0.4, 0.5) is 26.0 Å². The van der Waals surface area contributed by atoms with Crippen molar-refractivity contribution in [2.24, 2.45) is 5.73 Å². The molecule has 3 aromatic rings. The summed E-state index contributed by atoms with van der Waals surface area (Å²) in [6.45, 7) is 5.11. The van der Waals surface area contributed by atoms with Crippen LogP contribution in [-0.4, -0.2) is 67.6 Å². The maximum Gasteiger partial charge on any atom is 0.258 e. The van der Waals surface area contributed by atoms with Crippen molar-refractivity contribution in [3.63, 3.8) is 0 Å². The highest BCUT2D eigenvalue weighted by atomic mass is 32.2. The average molecular weight is 590 g/mol. The summed E-state index contributed by atoms with van der Waals surface area (Å²) in [5, 5.41) is 12.3. The molecule has 5 N–H and O–H groups in total. The summed E-state index contributed by atoms with van der Waals surface area (Å²) in [6, 6.07) is 7.09. The minimum atomic E-state index is -4.35. The number of sulfonamides is 1. The number of nitrogens with zero attached hydrogens (tertiary/aromatic N) is 3. The molecule has 0 atom stereocenters. The van der Waals surface area contributed by atoms with E-state index in [1.54, 1.807) is 32.0 Å². The first kappa shape index (κ1) is 28.6. The number of nitrogens with two attached hydrogens (primary N) is 1. The molecule has 2 aromatic carbocycles. The molecule has 12 nitrogen and oxygen atoms in total. The Kier molecular flexibility index (Phi) is 7.54. The molecule has 0 radical (unpaired) electrons. The number of halogens is 2. The highest BCUT2D eigenvalue weighted by molar-refractivity contribution is 7.89. The second-order valence-electron chi connectivity index (χ2n) is 10.1. The fourth-order valence-electron chi connectivity index (χ4n) is 5.01. The van der Waals surface area contributed by atoms with Gasteiger partial charge in [0.05, 0.1) is 47.1 Å². The van der Waals surface area contributed by atoms with Crippen molar-refractivity contribution in [3.05, 3.63) is 64.9 Å². The monoisotopic (exact) mass is 589 g/mol. The molecule has 3 heterocycles. The van der Waals surface area contributed by atoms with Gasteiger partial charge in [-0.1, -0.05) is 0 Å². The molecule has 218 valence electrons. The van der Waals surface area contributed by atoms with Crippen LogP contribution >= 0.6 is 0 Å². The first-order chi connectivity index (χ1) is 19.4. The van der Waals surface area contributed by atoms with Crippen LogP contribution in [0.25, 0.3) is 0 Å². The lowest BCUT2D eigenvalue weighted by Crippen LogP contribution is -2.40. The minimum absolute atomic E-state index is 0.0783. The second kappa shape index (κ2) is 10.8. The third-order valence-corrected chi connectivity index (χ3v) is 9.14. The van der Waals surface area contributed by atoms with E-state index in [9.17, 15) is 26.8 Å². The van der Waals surface area contributed by atoms with Crippen LogP contribution in [0.2, 0.25) is 0 Å². The summed E-state index contributed by atoms with van der Waals surface area (Å²) < 4.78 is 61.0. The van der Waals surface area contributed by atoms with E-state index < -0.39 is 43.9 Å². The Labute approximate surface area is 234 Å². The number of anilines is 3. The molecule has 2 amide bonds. The van der Waals surface area contributed by atoms with Gasteiger partial charge in [-0.05, 0) is 44.2 Å². The van der Waals surface area contributed by atoms with Crippen LogP contribution in [0.3, 0.4) is 0 Å². The van der Waals surface area contributed by atoms with Crippen molar-refractivity contribution in [1.29, 1.82) is 0 Å². The zero-order valence-corrected chi connectivity index (χ0v) is 23.1. The number of morpholine rings is 1. The number of benzene rings is 2. The average Bonchev–Trinajstić information content (AvgIpc) is 3.46. The maximum atomic E-state index is 13.8. The topological polar surface area (TPSA) is 163 Å². The van der Waals surface area contributed by atoms with E-state index in [4.69, 9.17) is 10.5 Å². The van der Waals surface area contributed by atoms with E-state index in [2.05, 4.69) is 25.7 Å². The van der Waals surface area contributed by atoms with Gasteiger partial charge in [0.25, 0.3) is 5.91 Å². The molecule has 2 aliphatic rings. The number of hydrogen-bond acceptors (Lipinski definition) is 8. The molecule has 1 aromatic heterocycles. The zero-order valence-electron chi connectivity index (χ0n) is 22.3. The van der Waals surface area contributed by atoms with Crippen LogP contribution in [0.1, 0.15) is 35.5 Å². The van der Waals surface area contributed by atoms with Crippen molar-refractivity contribution < 1.29 is 31.5 Å². The van der Waals surface area contributed by atoms with Crippen molar-refractivity contribution >= 4 is 39.0 Å². The van der Waals surface area contributed by atoms with E-state index in [-0.39, 0.29) is 30.2 Å². The number of H-pyrrole nitrogens is 1. The van der Waals surface area contributed by atoms with E-state index in [1.807, 2.05) is 0 Å². The normalized spacial score (nSPS) is 16.9. The number of rotatable bonds is 7. The largest absolute Gasteiger partial charge is 0.378 e. The summed E-state index contributed by atoms with van der Waals surface area (Å²) in [5.41, 5.74) is 6.26. The van der Waals surface area contributed by atoms with Crippen molar-refractivity contribution in [1.82, 2.24) is 14.5 Å². The standard InChI is InChI=1S/C26H29F2N7O5S/c1-26(2)23-20(14-35(26)41(38,39)18-10-15(27)9-16(28)11-18)24(33-32-23)31-25(37)19-4-3-17(34-5-7-40-8-6-34)12-21(19)30-22(36)13-29/h3-4,9-12H,5-8,13-14,29H2,1-2H3,(H,30,36)(H2,31,32,33,37). The minimum Gasteiger partial charge on any atom is -0.378 e. The predicted octanol–water partition coefficient (Wildman–Crippen LogP) is 2.11. The molecule has 0 unspecified atom stereocenters. The molecule has 41 heavy (non-hydrogen) atoms. The zero-order chi connectivity index (χ0) is 29.5. The molecule has 0 spiro atoms. The molecular formula is C26H29F2N7O5S. The Morgan fingerprint density at radius 1 is 1.10 bits per heavy atom. The highest BCUT2D eigenvalue weighted by Gasteiger charge is 2.48. The van der Waals surface area contributed by atoms with Gasteiger partial charge < -0.3 is 26.0 Å². The van der Waals surface area contributed by atoms with Gasteiger partial charge in [-0.25, -0.2) is 17.2 Å². The van der Waals surface area contributed by atoms with Gasteiger partial charge in [0, 0.05) is 37.0 Å². The van der Waals surface area contributed by atoms with Crippen molar-refractivity contribution in [3.8, 4) is 0 Å². The molecule has 1 fully saturated rings. The number of aromatic nitrogens is 2. The van der Waals surface area contributed by atoms with Crippen LogP contribution < -0.4 is 21.3 Å². The Hall–Kier alpha value is -3.92. The number of amides is 2. The smallest absolute Gasteiger partial charge is 0.258 e. The number of aromatic amines is 1. The quantitative estimate of drug-likeness (QED) is 0.326. The van der Waals surface area contributed by atoms with Crippen LogP contribution in [0.5, 0.6) is 0 Å². The second-order valence-corrected chi connectivity index (χ2v) is 12.0. The van der Waals surface area contributed by atoms with Crippen molar-refractivity contribution in [2.45, 2.75) is 30.8 Å². The van der Waals surface area contributed by atoms with Gasteiger partial charge in [-0.15, -0.1) is 0 Å². The van der Waals surface area contributed by atoms with Gasteiger partial charge in [0.15, 0.2) is 5.82 Å². The molecule has 0 aliphatic carbocycles. The Balaban J connectivity index is 1.43. The fraction of sp³-hybridized carbons (Fsp3) is 0.346. The van der Waals surface area contributed by atoms with Gasteiger partial charge in [-0.2, -0.15) is 9.40 Å². The molecular weight excluding hydrogens is 560 g/mol. The lowest BCUT2D eigenvalue weighted by molar-refractivity contribution is -0.114. The van der Waals surface area contributed by atoms with Crippen LogP contribution in [0.15, 0.2) is 41.3 Å². The Morgan fingerprint density at radius 3 is 2.44 bits per heavy atom. The predicted molar refractivity (Wildman–Crippen MR) is 146 cm³/mol. The number of nitrogens with one attached hydrogen (secondary N) is 3. The number of fused-ring (bicyclic) bond motifs is 1. The summed E-state index contributed by atoms with van der Waals surface area (Å²) in [6.07, 6.45) is 0. The number of carbonyl (C=O) groups is 2. The Morgan fingerprint density at radius 2 is 1.78 bits per heavy atom. The lowest BCUT2D eigenvalue weighted by Gasteiger charge is -2.30. The van der Waals surface area contributed by atoms with Gasteiger partial charge in [0.2, 0.25) is 15.9 Å². The third kappa shape index (κ3) is 5.40. The number of hydrogen-bond donors (Lipinski definition) is 4. The lowest BCUT2D eigenvalue weighted by atomic mass is 10.0. The molecule has 0 saturated carbocycles. The highest BCUT2D eigenvalue weighted by Crippen LogP contribution is 2.44. The summed E-state index contributed by atoms with van der Waals surface area (Å²) in [7, 11) is -4.35. The van der Waals surface area contributed by atoms with Gasteiger partial charge in [-0.3, -0.25) is 14.7 Å². The van der Waals surface area contributed by atoms with Crippen molar-refractivity contribution in [2.75, 3.05) is 48.4 Å². The van der Waals surface area contributed by atoms with Crippen LogP contribution in [-0.2, 0) is 31.6 Å². The first-order valence-electron chi connectivity index (χ1n) is 12.8. The summed E-state index contributed by atoms with van der Waals surface area (Å²) >= 11 is 0. The molecule has 15 heteroatoms. The summed E-state index contributed by atoms with van der Waals surface area (Å²) in [4.78, 5) is 27.1. The van der Waals surface area contributed by atoms with E-state index in [0.717, 1.165) is 22.1 Å². The number of ether oxygens (including phenoxy) is 1. The van der Waals surface area contributed by atoms with Crippen LogP contribution in [0, 0.1) is 11.6 Å². The van der Waals surface area contributed by atoms with Gasteiger partial charge >= 0.3 is 0 Å². The maximum absolute atomic E-state index is 13.8. The fourth-order valence-corrected chi connectivity index (χ4v) is 6.78. The SMILES string of the molecule is CC1(C)c2[nH]nc(NC(=O)c3ccc(N4CCOCC4)cc3NC(=O)CN)c2CN1S(=O)(=O)c1cc(F)cc(F)c1. The van der Waals surface area contributed by atoms with E-state index >= 15 is 0 Å².